The Morgan fingerprint density at radius 2 is 2.32 bits per heavy atom. The Morgan fingerprint density at radius 1 is 1.42 bits per heavy atom. The van der Waals surface area contributed by atoms with Gasteiger partial charge in [-0.3, -0.25) is 4.79 Å². The van der Waals surface area contributed by atoms with Gasteiger partial charge in [-0.2, -0.15) is 0 Å². The molecule has 0 amide bonds. The molecule has 0 aromatic carbocycles. The first-order valence-electron chi connectivity index (χ1n) is 6.03. The number of pyridine rings is 1. The van der Waals surface area contributed by atoms with Crippen LogP contribution in [0.2, 0.25) is 0 Å². The van der Waals surface area contributed by atoms with Gasteiger partial charge in [0.2, 0.25) is 0 Å². The van der Waals surface area contributed by atoms with Crippen molar-refractivity contribution in [2.24, 2.45) is 0 Å². The molecule has 3 aromatic rings. The zero-order valence-electron chi connectivity index (χ0n) is 10.4. The Labute approximate surface area is 118 Å². The molecule has 0 spiro atoms. The van der Waals surface area contributed by atoms with E-state index >= 15 is 0 Å². The number of nitrogens with zero attached hydrogens (tertiary/aromatic N) is 2. The molecule has 0 bridgehead atoms. The van der Waals surface area contributed by atoms with E-state index in [1.807, 2.05) is 36.8 Å². The van der Waals surface area contributed by atoms with Gasteiger partial charge < -0.3 is 9.88 Å². The zero-order valence-corrected chi connectivity index (χ0v) is 12.1. The second kappa shape index (κ2) is 5.14. The van der Waals surface area contributed by atoms with Gasteiger partial charge in [0.25, 0.3) is 5.56 Å². The molecule has 0 radical (unpaired) electrons. The van der Waals surface area contributed by atoms with Crippen molar-refractivity contribution < 1.29 is 0 Å². The van der Waals surface area contributed by atoms with Crippen molar-refractivity contribution in [3.8, 4) is 0 Å². The van der Waals surface area contributed by atoms with E-state index in [0.717, 1.165) is 26.6 Å². The molecular weight excluding hydrogens is 278 g/mol. The SMILES string of the molecule is CCNc1ncc(Cn2ccc3sccc3c2=O)s1. The first-order chi connectivity index (χ1) is 9.28. The standard InChI is InChI=1S/C13H13N3OS2/c1-2-14-13-15-7-9(19-13)8-16-5-3-11-10(12(16)17)4-6-18-11/h3-7H,2,8H2,1H3,(H,14,15). The summed E-state index contributed by atoms with van der Waals surface area (Å²) in [7, 11) is 0. The van der Waals surface area contributed by atoms with Gasteiger partial charge in [0, 0.05) is 28.5 Å². The number of rotatable bonds is 4. The summed E-state index contributed by atoms with van der Waals surface area (Å²) in [6.07, 6.45) is 3.68. The number of nitrogens with one attached hydrogen (secondary N) is 1. The number of aromatic nitrogens is 2. The van der Waals surface area contributed by atoms with Crippen LogP contribution in [0.25, 0.3) is 10.1 Å². The maximum Gasteiger partial charge on any atom is 0.259 e. The van der Waals surface area contributed by atoms with Crippen molar-refractivity contribution in [2.75, 3.05) is 11.9 Å². The summed E-state index contributed by atoms with van der Waals surface area (Å²) in [5, 5.41) is 6.83. The molecule has 1 N–H and O–H groups in total. The van der Waals surface area contributed by atoms with Gasteiger partial charge in [0.05, 0.1) is 11.9 Å². The highest BCUT2D eigenvalue weighted by atomic mass is 32.1. The van der Waals surface area contributed by atoms with E-state index in [4.69, 9.17) is 0 Å². The second-order valence-electron chi connectivity index (χ2n) is 4.11. The molecule has 0 aliphatic rings. The molecule has 0 fully saturated rings. The summed E-state index contributed by atoms with van der Waals surface area (Å²) in [5.41, 5.74) is 0.0668. The lowest BCUT2D eigenvalue weighted by Crippen LogP contribution is -2.18. The molecule has 0 saturated carbocycles. The molecule has 4 nitrogen and oxygen atoms in total. The highest BCUT2D eigenvalue weighted by molar-refractivity contribution is 7.17. The van der Waals surface area contributed by atoms with E-state index in [2.05, 4.69) is 10.3 Å². The van der Waals surface area contributed by atoms with Crippen molar-refractivity contribution in [1.82, 2.24) is 9.55 Å². The number of hydrogen-bond acceptors (Lipinski definition) is 5. The minimum absolute atomic E-state index is 0.0668. The summed E-state index contributed by atoms with van der Waals surface area (Å²) in [5.74, 6) is 0. The highest BCUT2D eigenvalue weighted by Crippen LogP contribution is 2.20. The third-order valence-electron chi connectivity index (χ3n) is 2.80. The average molecular weight is 291 g/mol. The van der Waals surface area contributed by atoms with Crippen molar-refractivity contribution in [1.29, 1.82) is 0 Å². The van der Waals surface area contributed by atoms with Gasteiger partial charge >= 0.3 is 0 Å². The van der Waals surface area contributed by atoms with Crippen LogP contribution in [-0.4, -0.2) is 16.1 Å². The topological polar surface area (TPSA) is 46.9 Å². The number of anilines is 1. The number of hydrogen-bond donors (Lipinski definition) is 1. The lowest BCUT2D eigenvalue weighted by atomic mass is 10.3. The average Bonchev–Trinajstić information content (AvgIpc) is 3.03. The lowest BCUT2D eigenvalue weighted by molar-refractivity contribution is 0.778. The quantitative estimate of drug-likeness (QED) is 0.804. The molecule has 3 rings (SSSR count). The highest BCUT2D eigenvalue weighted by Gasteiger charge is 2.06. The van der Waals surface area contributed by atoms with Gasteiger partial charge in [-0.25, -0.2) is 4.98 Å². The number of thiazole rings is 1. The summed E-state index contributed by atoms with van der Waals surface area (Å²) in [4.78, 5) is 17.6. The maximum absolute atomic E-state index is 12.3. The van der Waals surface area contributed by atoms with E-state index in [-0.39, 0.29) is 5.56 Å². The van der Waals surface area contributed by atoms with Gasteiger partial charge in [0.1, 0.15) is 0 Å². The van der Waals surface area contributed by atoms with Crippen LogP contribution in [0.1, 0.15) is 11.8 Å². The Morgan fingerprint density at radius 3 is 3.16 bits per heavy atom. The predicted octanol–water partition coefficient (Wildman–Crippen LogP) is 3.00. The van der Waals surface area contributed by atoms with Crippen LogP contribution < -0.4 is 10.9 Å². The Hall–Kier alpha value is -1.66. The van der Waals surface area contributed by atoms with Crippen molar-refractivity contribution >= 4 is 37.9 Å². The second-order valence-corrected chi connectivity index (χ2v) is 6.17. The summed E-state index contributed by atoms with van der Waals surface area (Å²) < 4.78 is 2.78. The largest absolute Gasteiger partial charge is 0.362 e. The predicted molar refractivity (Wildman–Crippen MR) is 81.5 cm³/mol. The summed E-state index contributed by atoms with van der Waals surface area (Å²) in [6.45, 7) is 3.47. The molecule has 6 heteroatoms. The van der Waals surface area contributed by atoms with Gasteiger partial charge in [-0.05, 0) is 24.4 Å². The Kier molecular flexibility index (Phi) is 3.35. The molecule has 3 heterocycles. The molecule has 19 heavy (non-hydrogen) atoms. The normalized spacial score (nSPS) is 11.0. The first kappa shape index (κ1) is 12.4. The van der Waals surface area contributed by atoms with Gasteiger partial charge in [-0.1, -0.05) is 0 Å². The van der Waals surface area contributed by atoms with Crippen LogP contribution in [0.4, 0.5) is 5.13 Å². The fourth-order valence-electron chi connectivity index (χ4n) is 1.91. The van der Waals surface area contributed by atoms with Crippen LogP contribution in [0.3, 0.4) is 0 Å². The summed E-state index contributed by atoms with van der Waals surface area (Å²) in [6, 6.07) is 3.88. The first-order valence-corrected chi connectivity index (χ1v) is 7.73. The molecule has 0 aliphatic carbocycles. The minimum Gasteiger partial charge on any atom is -0.362 e. The van der Waals surface area contributed by atoms with Crippen LogP contribution in [0, 0.1) is 0 Å². The lowest BCUT2D eigenvalue weighted by Gasteiger charge is -2.03. The molecule has 3 aromatic heterocycles. The number of thiophene rings is 1. The fraction of sp³-hybridized carbons (Fsp3) is 0.231. The van der Waals surface area contributed by atoms with Crippen LogP contribution in [0.5, 0.6) is 0 Å². The van der Waals surface area contributed by atoms with Crippen LogP contribution in [-0.2, 0) is 6.54 Å². The maximum atomic E-state index is 12.3. The van der Waals surface area contributed by atoms with Gasteiger partial charge in [-0.15, -0.1) is 22.7 Å². The molecule has 98 valence electrons. The monoisotopic (exact) mass is 291 g/mol. The third kappa shape index (κ3) is 2.41. The fourth-order valence-corrected chi connectivity index (χ4v) is 3.56. The van der Waals surface area contributed by atoms with E-state index in [1.165, 1.54) is 0 Å². The Bertz CT molecular complexity index is 756. The third-order valence-corrected chi connectivity index (χ3v) is 4.62. The van der Waals surface area contributed by atoms with Gasteiger partial charge in [0.15, 0.2) is 5.13 Å². The van der Waals surface area contributed by atoms with E-state index < -0.39 is 0 Å². The zero-order chi connectivity index (χ0) is 13.2. The smallest absolute Gasteiger partial charge is 0.259 e. The van der Waals surface area contributed by atoms with Crippen molar-refractivity contribution in [3.63, 3.8) is 0 Å². The summed E-state index contributed by atoms with van der Waals surface area (Å²) >= 11 is 3.18. The van der Waals surface area contributed by atoms with Crippen LogP contribution in [0.15, 0.2) is 34.7 Å². The van der Waals surface area contributed by atoms with E-state index in [1.54, 1.807) is 27.2 Å². The van der Waals surface area contributed by atoms with E-state index in [9.17, 15) is 4.79 Å². The number of fused-ring (bicyclic) bond motifs is 1. The molecule has 0 saturated heterocycles. The van der Waals surface area contributed by atoms with Crippen molar-refractivity contribution in [2.45, 2.75) is 13.5 Å². The van der Waals surface area contributed by atoms with Crippen LogP contribution >= 0.6 is 22.7 Å². The molecule has 0 atom stereocenters. The molecular formula is C13H13N3OS2. The molecule has 0 unspecified atom stereocenters. The van der Waals surface area contributed by atoms with E-state index in [0.29, 0.717) is 6.54 Å². The Balaban J connectivity index is 1.91. The molecule has 0 aliphatic heterocycles. The van der Waals surface area contributed by atoms with Crippen molar-refractivity contribution in [3.05, 3.63) is 45.1 Å². The minimum atomic E-state index is 0.0668.